The van der Waals surface area contributed by atoms with Gasteiger partial charge in [-0.05, 0) is 30.2 Å². The molecule has 0 atom stereocenters. The van der Waals surface area contributed by atoms with Crippen LogP contribution in [0.3, 0.4) is 0 Å². The van der Waals surface area contributed by atoms with Gasteiger partial charge in [0.25, 0.3) is 0 Å². The highest BCUT2D eigenvalue weighted by atomic mass is 79.9. The van der Waals surface area contributed by atoms with Crippen molar-refractivity contribution in [3.8, 4) is 5.75 Å². The van der Waals surface area contributed by atoms with Crippen molar-refractivity contribution >= 4 is 15.9 Å². The summed E-state index contributed by atoms with van der Waals surface area (Å²) in [6.07, 6.45) is 0.908. The second-order valence-corrected chi connectivity index (χ2v) is 4.22. The minimum atomic E-state index is -0.0205. The number of aliphatic hydroxyl groups is 1. The van der Waals surface area contributed by atoms with Crippen molar-refractivity contribution in [2.24, 2.45) is 0 Å². The fourth-order valence-electron chi connectivity index (χ4n) is 1.09. The van der Waals surface area contributed by atoms with Crippen LogP contribution in [-0.2, 0) is 6.61 Å². The van der Waals surface area contributed by atoms with E-state index in [4.69, 9.17) is 9.84 Å². The Morgan fingerprint density at radius 1 is 1.53 bits per heavy atom. The summed E-state index contributed by atoms with van der Waals surface area (Å²) in [6.45, 7) is 6.39. The molecule has 0 aliphatic carbocycles. The number of halogens is 1. The zero-order valence-electron chi connectivity index (χ0n) is 8.79. The summed E-state index contributed by atoms with van der Waals surface area (Å²) < 4.78 is 6.49. The highest BCUT2D eigenvalue weighted by Crippen LogP contribution is 2.23. The molecule has 0 saturated carbocycles. The molecule has 15 heavy (non-hydrogen) atoms. The van der Waals surface area contributed by atoms with Gasteiger partial charge in [0.1, 0.15) is 12.4 Å². The van der Waals surface area contributed by atoms with Crippen LogP contribution in [0.1, 0.15) is 18.9 Å². The van der Waals surface area contributed by atoms with Crippen molar-refractivity contribution in [3.63, 3.8) is 0 Å². The predicted molar refractivity (Wildman–Crippen MR) is 65.0 cm³/mol. The van der Waals surface area contributed by atoms with E-state index in [1.165, 1.54) is 0 Å². The van der Waals surface area contributed by atoms with Gasteiger partial charge < -0.3 is 9.84 Å². The second kappa shape index (κ2) is 5.93. The van der Waals surface area contributed by atoms with E-state index in [-0.39, 0.29) is 6.61 Å². The van der Waals surface area contributed by atoms with Crippen LogP contribution in [0.4, 0.5) is 0 Å². The number of benzene rings is 1. The summed E-state index contributed by atoms with van der Waals surface area (Å²) in [5.41, 5.74) is 1.83. The van der Waals surface area contributed by atoms with Gasteiger partial charge in [-0.3, -0.25) is 0 Å². The summed E-state index contributed by atoms with van der Waals surface area (Å²) in [4.78, 5) is 0. The van der Waals surface area contributed by atoms with Crippen molar-refractivity contribution in [1.29, 1.82) is 0 Å². The molecule has 0 unspecified atom stereocenters. The molecule has 0 spiro atoms. The molecular weight excluding hydrogens is 256 g/mol. The largest absolute Gasteiger partial charge is 0.489 e. The van der Waals surface area contributed by atoms with Crippen molar-refractivity contribution < 1.29 is 9.84 Å². The maximum Gasteiger partial charge on any atom is 0.125 e. The van der Waals surface area contributed by atoms with Crippen LogP contribution in [0.25, 0.3) is 0 Å². The van der Waals surface area contributed by atoms with Crippen molar-refractivity contribution in [3.05, 3.63) is 40.4 Å². The summed E-state index contributed by atoms with van der Waals surface area (Å²) in [5.74, 6) is 0.718. The highest BCUT2D eigenvalue weighted by Gasteiger charge is 2.03. The quantitative estimate of drug-likeness (QED) is 0.833. The number of hydrogen-bond donors (Lipinski definition) is 1. The number of ether oxygens (including phenoxy) is 1. The monoisotopic (exact) mass is 270 g/mol. The Morgan fingerprint density at radius 2 is 2.27 bits per heavy atom. The molecule has 0 aliphatic heterocycles. The molecule has 0 radical (unpaired) electrons. The lowest BCUT2D eigenvalue weighted by atomic mass is 10.2. The normalized spacial score (nSPS) is 10.1. The molecule has 1 N–H and O–H groups in total. The van der Waals surface area contributed by atoms with E-state index < -0.39 is 0 Å². The van der Waals surface area contributed by atoms with Gasteiger partial charge in [-0.25, -0.2) is 0 Å². The highest BCUT2D eigenvalue weighted by molar-refractivity contribution is 9.10. The van der Waals surface area contributed by atoms with Gasteiger partial charge in [0.05, 0.1) is 6.61 Å². The molecule has 0 fully saturated rings. The third-order valence-corrected chi connectivity index (χ3v) is 2.62. The first-order valence-electron chi connectivity index (χ1n) is 4.86. The Kier molecular flexibility index (Phi) is 4.85. The van der Waals surface area contributed by atoms with Crippen LogP contribution in [0.2, 0.25) is 0 Å². The number of rotatable bonds is 5. The minimum absolute atomic E-state index is 0.0205. The Labute approximate surface area is 98.7 Å². The molecule has 2 nitrogen and oxygen atoms in total. The molecule has 0 aromatic heterocycles. The van der Waals surface area contributed by atoms with Gasteiger partial charge in [-0.2, -0.15) is 0 Å². The van der Waals surface area contributed by atoms with Crippen LogP contribution in [0.5, 0.6) is 5.75 Å². The molecule has 3 heteroatoms. The Morgan fingerprint density at radius 3 is 2.87 bits per heavy atom. The molecule has 1 aromatic rings. The average molecular weight is 271 g/mol. The van der Waals surface area contributed by atoms with Crippen LogP contribution >= 0.6 is 15.9 Å². The van der Waals surface area contributed by atoms with Gasteiger partial charge in [0, 0.05) is 10.0 Å². The van der Waals surface area contributed by atoms with E-state index in [1.807, 2.05) is 25.1 Å². The van der Waals surface area contributed by atoms with Gasteiger partial charge in [0.2, 0.25) is 0 Å². The Hall–Kier alpha value is -0.800. The van der Waals surface area contributed by atoms with Crippen molar-refractivity contribution in [1.82, 2.24) is 0 Å². The lowest BCUT2D eigenvalue weighted by Gasteiger charge is -2.11. The van der Waals surface area contributed by atoms with Crippen LogP contribution in [0, 0.1) is 0 Å². The molecule has 0 aliphatic rings. The van der Waals surface area contributed by atoms with Crippen LogP contribution < -0.4 is 4.74 Å². The lowest BCUT2D eigenvalue weighted by molar-refractivity contribution is 0.268. The molecule has 0 amide bonds. The third kappa shape index (κ3) is 3.68. The molecule has 0 saturated heterocycles. The molecule has 1 aromatic carbocycles. The number of hydrogen-bond acceptors (Lipinski definition) is 2. The summed E-state index contributed by atoms with van der Waals surface area (Å²) in [7, 11) is 0. The Bertz CT molecular complexity index is 347. The summed E-state index contributed by atoms with van der Waals surface area (Å²) in [5, 5.41) is 9.14. The minimum Gasteiger partial charge on any atom is -0.489 e. The van der Waals surface area contributed by atoms with Crippen molar-refractivity contribution in [2.45, 2.75) is 20.0 Å². The van der Waals surface area contributed by atoms with Crippen LogP contribution in [-0.4, -0.2) is 11.7 Å². The molecule has 82 valence electrons. The van der Waals surface area contributed by atoms with E-state index in [0.29, 0.717) is 6.61 Å². The topological polar surface area (TPSA) is 29.5 Å². The third-order valence-electron chi connectivity index (χ3n) is 2.12. The maximum atomic E-state index is 9.14. The molecule has 0 bridgehead atoms. The zero-order chi connectivity index (χ0) is 11.3. The van der Waals surface area contributed by atoms with E-state index in [9.17, 15) is 0 Å². The molecular formula is C12H15BrO2. The summed E-state index contributed by atoms with van der Waals surface area (Å²) >= 11 is 3.35. The van der Waals surface area contributed by atoms with Gasteiger partial charge in [-0.1, -0.05) is 29.4 Å². The first-order chi connectivity index (χ1) is 7.17. The fourth-order valence-corrected chi connectivity index (χ4v) is 1.50. The summed E-state index contributed by atoms with van der Waals surface area (Å²) in [6, 6.07) is 5.59. The standard InChI is InChI=1S/C12H15BrO2/c1-3-9(2)8-15-12-5-4-11(13)6-10(12)7-14/h4-6,14H,2-3,7-8H2,1H3. The SMILES string of the molecule is C=C(CC)COc1ccc(Br)cc1CO. The Balaban J connectivity index is 2.72. The molecule has 0 heterocycles. The van der Waals surface area contributed by atoms with E-state index in [0.717, 1.165) is 27.8 Å². The molecule has 1 rings (SSSR count). The van der Waals surface area contributed by atoms with Crippen LogP contribution in [0.15, 0.2) is 34.8 Å². The van der Waals surface area contributed by atoms with Gasteiger partial charge >= 0.3 is 0 Å². The van der Waals surface area contributed by atoms with Gasteiger partial charge in [0.15, 0.2) is 0 Å². The van der Waals surface area contributed by atoms with Crippen molar-refractivity contribution in [2.75, 3.05) is 6.61 Å². The maximum absolute atomic E-state index is 9.14. The first-order valence-corrected chi connectivity index (χ1v) is 5.65. The number of aliphatic hydroxyl groups excluding tert-OH is 1. The van der Waals surface area contributed by atoms with Gasteiger partial charge in [-0.15, -0.1) is 0 Å². The lowest BCUT2D eigenvalue weighted by Crippen LogP contribution is -2.02. The first kappa shape index (κ1) is 12.3. The van der Waals surface area contributed by atoms with E-state index in [2.05, 4.69) is 22.5 Å². The smallest absolute Gasteiger partial charge is 0.125 e. The fraction of sp³-hybridized carbons (Fsp3) is 0.333. The van der Waals surface area contributed by atoms with E-state index in [1.54, 1.807) is 0 Å². The average Bonchev–Trinajstić information content (AvgIpc) is 2.26. The predicted octanol–water partition coefficient (Wildman–Crippen LogP) is 3.29. The second-order valence-electron chi connectivity index (χ2n) is 3.30. The zero-order valence-corrected chi connectivity index (χ0v) is 10.4. The van der Waals surface area contributed by atoms with E-state index >= 15 is 0 Å².